The lowest BCUT2D eigenvalue weighted by Gasteiger charge is -2.25. The van der Waals surface area contributed by atoms with Crippen molar-refractivity contribution in [3.8, 4) is 0 Å². The van der Waals surface area contributed by atoms with E-state index in [2.05, 4.69) is 10.6 Å². The minimum atomic E-state index is -1.45. The first-order valence-corrected chi connectivity index (χ1v) is 14.3. The Labute approximate surface area is 258 Å². The number of aliphatic carboxylic acids is 2. The van der Waals surface area contributed by atoms with Crippen LogP contribution in [0.15, 0.2) is 60.7 Å². The normalized spacial score (nSPS) is 14.9. The molecule has 11 nitrogen and oxygen atoms in total. The lowest BCUT2D eigenvalue weighted by Crippen LogP contribution is -2.41. The summed E-state index contributed by atoms with van der Waals surface area (Å²) in [4.78, 5) is 63.3. The maximum Gasteiger partial charge on any atom is 0.408 e. The summed E-state index contributed by atoms with van der Waals surface area (Å²) in [5, 5.41) is 23.7. The predicted molar refractivity (Wildman–Crippen MR) is 163 cm³/mol. The van der Waals surface area contributed by atoms with Gasteiger partial charge in [-0.3, -0.25) is 14.4 Å². The van der Waals surface area contributed by atoms with E-state index in [1.165, 1.54) is 0 Å². The Morgan fingerprint density at radius 3 is 2.41 bits per heavy atom. The van der Waals surface area contributed by atoms with E-state index in [-0.39, 0.29) is 18.2 Å². The molecule has 3 amide bonds. The number of benzene rings is 3. The third-order valence-corrected chi connectivity index (χ3v) is 7.55. The van der Waals surface area contributed by atoms with Crippen molar-refractivity contribution in [2.24, 2.45) is 0 Å². The van der Waals surface area contributed by atoms with Crippen LogP contribution in [0.2, 0.25) is 5.02 Å². The van der Waals surface area contributed by atoms with Gasteiger partial charge in [-0.2, -0.15) is 0 Å². The smallest absolute Gasteiger partial charge is 0.408 e. The van der Waals surface area contributed by atoms with Gasteiger partial charge in [0.25, 0.3) is 11.8 Å². The molecule has 3 aromatic rings. The van der Waals surface area contributed by atoms with Crippen molar-refractivity contribution in [3.63, 3.8) is 0 Å². The molecule has 0 aliphatic carbocycles. The molecule has 3 aromatic carbocycles. The molecule has 0 bridgehead atoms. The van der Waals surface area contributed by atoms with E-state index >= 15 is 0 Å². The zero-order chi connectivity index (χ0) is 32.0. The second-order valence-electron chi connectivity index (χ2n) is 10.5. The number of nitrogens with zero attached hydrogens (tertiary/aromatic N) is 1. The molecule has 1 heterocycles. The van der Waals surface area contributed by atoms with Crippen LogP contribution < -0.4 is 15.5 Å². The minimum Gasteiger partial charge on any atom is -0.481 e. The van der Waals surface area contributed by atoms with Gasteiger partial charge in [0.15, 0.2) is 0 Å². The van der Waals surface area contributed by atoms with E-state index in [4.69, 9.17) is 21.4 Å². The third kappa shape index (κ3) is 7.73. The van der Waals surface area contributed by atoms with Crippen molar-refractivity contribution in [2.45, 2.75) is 51.7 Å². The lowest BCUT2D eigenvalue weighted by atomic mass is 10.0. The summed E-state index contributed by atoms with van der Waals surface area (Å²) in [7, 11) is 0. The van der Waals surface area contributed by atoms with Crippen LogP contribution >= 0.6 is 11.6 Å². The van der Waals surface area contributed by atoms with Crippen LogP contribution in [0.5, 0.6) is 0 Å². The van der Waals surface area contributed by atoms with E-state index < -0.39 is 36.6 Å². The van der Waals surface area contributed by atoms with Gasteiger partial charge in [-0.25, -0.2) is 9.59 Å². The molecule has 1 aliphatic heterocycles. The van der Waals surface area contributed by atoms with E-state index in [0.717, 1.165) is 5.56 Å². The van der Waals surface area contributed by atoms with Gasteiger partial charge in [0.1, 0.15) is 12.1 Å². The first kappa shape index (κ1) is 32.0. The van der Waals surface area contributed by atoms with Crippen LogP contribution in [-0.4, -0.2) is 52.6 Å². The number of hydrogen-bond acceptors (Lipinski definition) is 6. The number of hydrogen-bond donors (Lipinski definition) is 4. The van der Waals surface area contributed by atoms with E-state index in [1.54, 1.807) is 60.4 Å². The number of fused-ring (bicyclic) bond motifs is 1. The molecule has 0 spiro atoms. The van der Waals surface area contributed by atoms with Crippen molar-refractivity contribution < 1.29 is 38.9 Å². The largest absolute Gasteiger partial charge is 0.481 e. The second kappa shape index (κ2) is 14.0. The van der Waals surface area contributed by atoms with E-state index in [1.807, 2.05) is 19.1 Å². The monoisotopic (exact) mass is 621 g/mol. The highest BCUT2D eigenvalue weighted by Crippen LogP contribution is 2.38. The summed E-state index contributed by atoms with van der Waals surface area (Å²) < 4.78 is 5.60. The molecule has 12 heteroatoms. The van der Waals surface area contributed by atoms with Crippen LogP contribution in [-0.2, 0) is 14.3 Å². The quantitative estimate of drug-likeness (QED) is 0.235. The average Bonchev–Trinajstić information content (AvgIpc) is 3.14. The molecule has 44 heavy (non-hydrogen) atoms. The topological polar surface area (TPSA) is 162 Å². The highest BCUT2D eigenvalue weighted by Gasteiger charge is 2.31. The minimum absolute atomic E-state index is 0.258. The number of amides is 3. The molecule has 2 unspecified atom stereocenters. The van der Waals surface area contributed by atoms with Gasteiger partial charge in [0.05, 0.1) is 5.69 Å². The van der Waals surface area contributed by atoms with Gasteiger partial charge in [-0.1, -0.05) is 29.8 Å². The van der Waals surface area contributed by atoms with E-state index in [0.29, 0.717) is 58.0 Å². The Bertz CT molecular complexity index is 1610. The molecule has 4 N–H and O–H groups in total. The van der Waals surface area contributed by atoms with Gasteiger partial charge < -0.3 is 30.5 Å². The van der Waals surface area contributed by atoms with Crippen LogP contribution in [0.25, 0.3) is 0 Å². The molecule has 4 rings (SSSR count). The standard InChI is InChI=1S/C32H32ClN3O8/c1-18-6-3-4-7-22(18)29(39)34-21-10-11-23(19(2)16-21)30(40)36-15-5-8-27(24-17-20(33)9-13-26(24)36)44-32(43)35-25(31(41)42)12-14-28(37)38/h3-4,6-7,9-11,13,16-17,25,27H,5,8,12,14-15H2,1-2H3,(H,34,39)(H,35,43)(H,37,38)(H,41,42). The highest BCUT2D eigenvalue weighted by atomic mass is 35.5. The molecule has 0 fully saturated rings. The molecule has 0 saturated carbocycles. The van der Waals surface area contributed by atoms with Gasteiger partial charge in [0, 0.05) is 40.4 Å². The predicted octanol–water partition coefficient (Wildman–Crippen LogP) is 5.74. The number of carboxylic acid groups (broad SMARTS) is 2. The molecule has 230 valence electrons. The summed E-state index contributed by atoms with van der Waals surface area (Å²) in [6, 6.07) is 15.7. The third-order valence-electron chi connectivity index (χ3n) is 7.31. The fraction of sp³-hybridized carbons (Fsp3) is 0.281. The number of carbonyl (C=O) groups excluding carboxylic acids is 3. The summed E-state index contributed by atoms with van der Waals surface area (Å²) in [5.41, 5.74) is 3.94. The maximum absolute atomic E-state index is 13.9. The van der Waals surface area contributed by atoms with E-state index in [9.17, 15) is 29.1 Å². The Kier molecular flexibility index (Phi) is 10.2. The molecule has 2 atom stereocenters. The Balaban J connectivity index is 1.53. The van der Waals surface area contributed by atoms with Crippen LogP contribution in [0.4, 0.5) is 16.2 Å². The fourth-order valence-electron chi connectivity index (χ4n) is 5.06. The number of carbonyl (C=O) groups is 5. The van der Waals surface area contributed by atoms with Crippen LogP contribution in [0, 0.1) is 13.8 Å². The number of carboxylic acids is 2. The summed E-state index contributed by atoms with van der Waals surface area (Å²) in [6.45, 7) is 3.93. The van der Waals surface area contributed by atoms with Crippen molar-refractivity contribution in [1.29, 1.82) is 0 Å². The number of halogens is 1. The number of nitrogens with one attached hydrogen (secondary N) is 2. The van der Waals surface area contributed by atoms with Crippen molar-refractivity contribution in [2.75, 3.05) is 16.8 Å². The van der Waals surface area contributed by atoms with Crippen molar-refractivity contribution in [3.05, 3.63) is 93.5 Å². The number of aryl methyl sites for hydroxylation is 2. The Morgan fingerprint density at radius 1 is 0.977 bits per heavy atom. The van der Waals surface area contributed by atoms with Crippen LogP contribution in [0.1, 0.15) is 69.2 Å². The van der Waals surface area contributed by atoms with Crippen molar-refractivity contribution in [1.82, 2.24) is 5.32 Å². The number of ether oxygens (including phenoxy) is 1. The zero-order valence-corrected chi connectivity index (χ0v) is 24.9. The molecular formula is C32H32ClN3O8. The number of rotatable bonds is 9. The second-order valence-corrected chi connectivity index (χ2v) is 10.9. The van der Waals surface area contributed by atoms with Gasteiger partial charge >= 0.3 is 18.0 Å². The molecule has 0 aromatic heterocycles. The van der Waals surface area contributed by atoms with Crippen molar-refractivity contribution >= 4 is 52.8 Å². The number of alkyl carbamates (subject to hydrolysis) is 1. The van der Waals surface area contributed by atoms with Crippen LogP contribution in [0.3, 0.4) is 0 Å². The van der Waals surface area contributed by atoms with Gasteiger partial charge in [0.2, 0.25) is 0 Å². The lowest BCUT2D eigenvalue weighted by molar-refractivity contribution is -0.140. The Hall–Kier alpha value is -4.90. The first-order valence-electron chi connectivity index (χ1n) is 13.9. The fourth-order valence-corrected chi connectivity index (χ4v) is 5.24. The summed E-state index contributed by atoms with van der Waals surface area (Å²) in [6.07, 6.45) is -1.88. The number of anilines is 2. The SMILES string of the molecule is Cc1ccccc1C(=O)Nc1ccc(C(=O)N2CCCC(OC(=O)NC(CCC(=O)O)C(=O)O)c3cc(Cl)ccc32)c(C)c1. The molecule has 0 saturated heterocycles. The average molecular weight is 622 g/mol. The zero-order valence-electron chi connectivity index (χ0n) is 24.1. The molecular weight excluding hydrogens is 590 g/mol. The first-order chi connectivity index (χ1) is 20.9. The maximum atomic E-state index is 13.9. The summed E-state index contributed by atoms with van der Waals surface area (Å²) >= 11 is 6.28. The molecule has 1 aliphatic rings. The highest BCUT2D eigenvalue weighted by molar-refractivity contribution is 6.30. The Morgan fingerprint density at radius 2 is 1.73 bits per heavy atom. The van der Waals surface area contributed by atoms with Gasteiger partial charge in [-0.05, 0) is 86.7 Å². The molecule has 0 radical (unpaired) electrons. The summed E-state index contributed by atoms with van der Waals surface area (Å²) in [5.74, 6) is -3.14. The van der Waals surface area contributed by atoms with Gasteiger partial charge in [-0.15, -0.1) is 0 Å².